The molecular formula is C13H20N6. The molecule has 0 spiro atoms. The quantitative estimate of drug-likeness (QED) is 0.857. The predicted molar refractivity (Wildman–Crippen MR) is 76.2 cm³/mol. The Morgan fingerprint density at radius 3 is 2.58 bits per heavy atom. The Morgan fingerprint density at radius 1 is 1.26 bits per heavy atom. The van der Waals surface area contributed by atoms with Gasteiger partial charge in [-0.3, -0.25) is 4.68 Å². The SMILES string of the molecule is CCc1nc(NC)cc(NCc2cnn(C)c2C)n1. The molecule has 2 aromatic rings. The van der Waals surface area contributed by atoms with Crippen LogP contribution in [0.1, 0.15) is 24.0 Å². The van der Waals surface area contributed by atoms with Gasteiger partial charge in [0.05, 0.1) is 6.20 Å². The normalized spacial score (nSPS) is 10.5. The van der Waals surface area contributed by atoms with Crippen molar-refractivity contribution in [2.75, 3.05) is 17.7 Å². The Morgan fingerprint density at radius 2 is 2.00 bits per heavy atom. The summed E-state index contributed by atoms with van der Waals surface area (Å²) < 4.78 is 1.87. The van der Waals surface area contributed by atoms with Crippen LogP contribution < -0.4 is 10.6 Å². The second-order valence-corrected chi connectivity index (χ2v) is 4.39. The smallest absolute Gasteiger partial charge is 0.132 e. The van der Waals surface area contributed by atoms with Gasteiger partial charge in [-0.1, -0.05) is 6.92 Å². The van der Waals surface area contributed by atoms with Gasteiger partial charge in [0.2, 0.25) is 0 Å². The fourth-order valence-electron chi connectivity index (χ4n) is 1.78. The summed E-state index contributed by atoms with van der Waals surface area (Å²) in [5.41, 5.74) is 2.33. The third kappa shape index (κ3) is 3.01. The second-order valence-electron chi connectivity index (χ2n) is 4.39. The summed E-state index contributed by atoms with van der Waals surface area (Å²) in [6.07, 6.45) is 2.69. The van der Waals surface area contributed by atoms with Crippen molar-refractivity contribution in [3.05, 3.63) is 29.3 Å². The maximum Gasteiger partial charge on any atom is 0.132 e. The average molecular weight is 260 g/mol. The zero-order chi connectivity index (χ0) is 13.8. The molecule has 2 heterocycles. The van der Waals surface area contributed by atoms with Gasteiger partial charge in [0.1, 0.15) is 17.5 Å². The van der Waals surface area contributed by atoms with Gasteiger partial charge >= 0.3 is 0 Å². The van der Waals surface area contributed by atoms with Gasteiger partial charge in [-0.05, 0) is 6.92 Å². The van der Waals surface area contributed by atoms with E-state index in [1.54, 1.807) is 0 Å². The highest BCUT2D eigenvalue weighted by Gasteiger charge is 2.05. The number of nitrogens with zero attached hydrogens (tertiary/aromatic N) is 4. The minimum absolute atomic E-state index is 0.711. The van der Waals surface area contributed by atoms with Gasteiger partial charge < -0.3 is 10.6 Å². The highest BCUT2D eigenvalue weighted by molar-refractivity contribution is 5.47. The molecule has 0 saturated heterocycles. The van der Waals surface area contributed by atoms with Crippen molar-refractivity contribution >= 4 is 11.6 Å². The fraction of sp³-hybridized carbons (Fsp3) is 0.462. The molecule has 0 amide bonds. The van der Waals surface area contributed by atoms with Gasteiger partial charge in [0.25, 0.3) is 0 Å². The van der Waals surface area contributed by atoms with E-state index in [-0.39, 0.29) is 0 Å². The summed E-state index contributed by atoms with van der Waals surface area (Å²) in [4.78, 5) is 8.83. The van der Waals surface area contributed by atoms with E-state index in [4.69, 9.17) is 0 Å². The largest absolute Gasteiger partial charge is 0.373 e. The number of anilines is 2. The predicted octanol–water partition coefficient (Wildman–Crippen LogP) is 1.73. The highest BCUT2D eigenvalue weighted by Crippen LogP contribution is 2.13. The number of rotatable bonds is 5. The molecule has 6 heteroatoms. The molecule has 0 fully saturated rings. The summed E-state index contributed by atoms with van der Waals surface area (Å²) in [7, 11) is 3.80. The fourth-order valence-corrected chi connectivity index (χ4v) is 1.78. The molecule has 0 unspecified atom stereocenters. The summed E-state index contributed by atoms with van der Waals surface area (Å²) in [6, 6.07) is 1.91. The van der Waals surface area contributed by atoms with Crippen molar-refractivity contribution < 1.29 is 0 Å². The zero-order valence-electron chi connectivity index (χ0n) is 11.9. The van der Waals surface area contributed by atoms with E-state index in [2.05, 4.69) is 32.6 Å². The topological polar surface area (TPSA) is 67.7 Å². The molecule has 0 atom stereocenters. The van der Waals surface area contributed by atoms with Gasteiger partial charge in [-0.15, -0.1) is 0 Å². The van der Waals surface area contributed by atoms with Crippen LogP contribution >= 0.6 is 0 Å². The highest BCUT2D eigenvalue weighted by atomic mass is 15.3. The summed E-state index contributed by atoms with van der Waals surface area (Å²) in [5.74, 6) is 2.49. The minimum atomic E-state index is 0.711. The summed E-state index contributed by atoms with van der Waals surface area (Å²) in [5, 5.41) is 10.6. The molecule has 0 bridgehead atoms. The molecule has 0 aliphatic rings. The first-order valence-electron chi connectivity index (χ1n) is 6.41. The number of aromatic nitrogens is 4. The van der Waals surface area contributed by atoms with Crippen molar-refractivity contribution in [2.45, 2.75) is 26.8 Å². The first-order valence-corrected chi connectivity index (χ1v) is 6.41. The van der Waals surface area contributed by atoms with Gasteiger partial charge in [0, 0.05) is 44.4 Å². The van der Waals surface area contributed by atoms with E-state index in [0.717, 1.165) is 29.6 Å². The Labute approximate surface area is 113 Å². The molecule has 19 heavy (non-hydrogen) atoms. The third-order valence-electron chi connectivity index (χ3n) is 3.14. The Kier molecular flexibility index (Phi) is 3.99. The molecule has 102 valence electrons. The van der Waals surface area contributed by atoms with Crippen molar-refractivity contribution in [1.29, 1.82) is 0 Å². The minimum Gasteiger partial charge on any atom is -0.373 e. The molecule has 0 aromatic carbocycles. The Balaban J connectivity index is 2.12. The van der Waals surface area contributed by atoms with Crippen LogP contribution in [-0.2, 0) is 20.0 Å². The van der Waals surface area contributed by atoms with Crippen molar-refractivity contribution in [3.8, 4) is 0 Å². The van der Waals surface area contributed by atoms with Gasteiger partial charge in [0.15, 0.2) is 0 Å². The number of hydrogen-bond donors (Lipinski definition) is 2. The zero-order valence-corrected chi connectivity index (χ0v) is 11.9. The van der Waals surface area contributed by atoms with Crippen molar-refractivity contribution in [3.63, 3.8) is 0 Å². The molecule has 0 saturated carbocycles. The molecule has 2 rings (SSSR count). The molecule has 0 aliphatic heterocycles. The van der Waals surface area contributed by atoms with Crippen LogP contribution in [0.3, 0.4) is 0 Å². The van der Waals surface area contributed by atoms with E-state index in [0.29, 0.717) is 6.54 Å². The van der Waals surface area contributed by atoms with Crippen LogP contribution in [0.2, 0.25) is 0 Å². The first kappa shape index (κ1) is 13.3. The second kappa shape index (κ2) is 5.69. The average Bonchev–Trinajstić information content (AvgIpc) is 2.76. The van der Waals surface area contributed by atoms with E-state index in [9.17, 15) is 0 Å². The molecule has 6 nitrogen and oxygen atoms in total. The van der Waals surface area contributed by atoms with Crippen LogP contribution in [-0.4, -0.2) is 26.8 Å². The maximum absolute atomic E-state index is 4.46. The number of hydrogen-bond acceptors (Lipinski definition) is 5. The lowest BCUT2D eigenvalue weighted by atomic mass is 10.2. The first-order chi connectivity index (χ1) is 9.13. The van der Waals surface area contributed by atoms with E-state index < -0.39 is 0 Å². The molecule has 2 aromatic heterocycles. The van der Waals surface area contributed by atoms with Gasteiger partial charge in [-0.2, -0.15) is 5.10 Å². The Bertz CT molecular complexity index is 538. The van der Waals surface area contributed by atoms with Crippen LogP contribution in [0, 0.1) is 6.92 Å². The van der Waals surface area contributed by atoms with E-state index >= 15 is 0 Å². The molecule has 0 aliphatic carbocycles. The third-order valence-corrected chi connectivity index (χ3v) is 3.14. The molecule has 0 radical (unpaired) electrons. The lowest BCUT2D eigenvalue weighted by Crippen LogP contribution is -2.07. The molecular weight excluding hydrogens is 240 g/mol. The van der Waals surface area contributed by atoms with Crippen LogP contribution in [0.5, 0.6) is 0 Å². The van der Waals surface area contributed by atoms with Crippen molar-refractivity contribution in [1.82, 2.24) is 19.7 Å². The number of nitrogens with one attached hydrogen (secondary N) is 2. The summed E-state index contributed by atoms with van der Waals surface area (Å²) in [6.45, 7) is 4.81. The van der Waals surface area contributed by atoms with Crippen molar-refractivity contribution in [2.24, 2.45) is 7.05 Å². The van der Waals surface area contributed by atoms with E-state index in [1.165, 1.54) is 5.56 Å². The molecule has 2 N–H and O–H groups in total. The number of aryl methyl sites for hydroxylation is 2. The lowest BCUT2D eigenvalue weighted by Gasteiger charge is -2.09. The van der Waals surface area contributed by atoms with Crippen LogP contribution in [0.4, 0.5) is 11.6 Å². The van der Waals surface area contributed by atoms with E-state index in [1.807, 2.05) is 38.0 Å². The monoisotopic (exact) mass is 260 g/mol. The van der Waals surface area contributed by atoms with Crippen LogP contribution in [0.15, 0.2) is 12.3 Å². The van der Waals surface area contributed by atoms with Gasteiger partial charge in [-0.25, -0.2) is 9.97 Å². The summed E-state index contributed by atoms with van der Waals surface area (Å²) >= 11 is 0. The maximum atomic E-state index is 4.46. The standard InChI is InChI=1S/C13H20N6/c1-5-11-17-12(14-3)6-13(18-11)15-7-10-8-16-19(4)9(10)2/h6,8H,5,7H2,1-4H3,(H2,14,15,17,18). The Hall–Kier alpha value is -2.11. The lowest BCUT2D eigenvalue weighted by molar-refractivity contribution is 0.738. The van der Waals surface area contributed by atoms with Crippen LogP contribution in [0.25, 0.3) is 0 Å².